The van der Waals surface area contributed by atoms with Crippen molar-refractivity contribution in [2.75, 3.05) is 24.6 Å². The van der Waals surface area contributed by atoms with Crippen LogP contribution in [-0.4, -0.2) is 42.8 Å². The fourth-order valence-electron chi connectivity index (χ4n) is 2.40. The molecule has 28 heavy (non-hydrogen) atoms. The maximum atomic E-state index is 12.4. The number of carbonyl (C=O) groups is 2. The average Bonchev–Trinajstić information content (AvgIpc) is 2.51. The lowest BCUT2D eigenvalue weighted by Crippen LogP contribution is -2.40. The van der Waals surface area contributed by atoms with Gasteiger partial charge in [0.15, 0.2) is 0 Å². The van der Waals surface area contributed by atoms with Gasteiger partial charge in [-0.25, -0.2) is 0 Å². The summed E-state index contributed by atoms with van der Waals surface area (Å²) in [7, 11) is 0. The largest absolute Gasteiger partial charge is 0.494 e. The van der Waals surface area contributed by atoms with Gasteiger partial charge < -0.3 is 19.1 Å². The van der Waals surface area contributed by atoms with Crippen LogP contribution < -0.4 is 9.64 Å². The van der Waals surface area contributed by atoms with Crippen LogP contribution in [0.25, 0.3) is 0 Å². The van der Waals surface area contributed by atoms with E-state index < -0.39 is 23.1 Å². The molecule has 0 bridgehead atoms. The molecule has 0 aliphatic rings. The molecule has 1 aromatic rings. The Balaban J connectivity index is 2.97. The SMILES string of the molecule is CCCCOc1cccc(N(CC(=O)OC(C)(C)C)CC(=O)OC(C)(C)C)c1. The van der Waals surface area contributed by atoms with Crippen LogP contribution in [0.5, 0.6) is 5.75 Å². The molecular weight excluding hydrogens is 358 g/mol. The number of anilines is 1. The zero-order valence-electron chi connectivity index (χ0n) is 18.3. The van der Waals surface area contributed by atoms with Gasteiger partial charge in [-0.15, -0.1) is 0 Å². The van der Waals surface area contributed by atoms with Crippen LogP contribution in [0.2, 0.25) is 0 Å². The monoisotopic (exact) mass is 393 g/mol. The summed E-state index contributed by atoms with van der Waals surface area (Å²) in [6, 6.07) is 7.36. The second-order valence-electron chi connectivity index (χ2n) is 8.73. The van der Waals surface area contributed by atoms with Crippen LogP contribution in [0.3, 0.4) is 0 Å². The van der Waals surface area contributed by atoms with Gasteiger partial charge in [0.2, 0.25) is 0 Å². The number of nitrogens with zero attached hydrogens (tertiary/aromatic N) is 1. The third-order valence-corrected chi connectivity index (χ3v) is 3.43. The maximum absolute atomic E-state index is 12.4. The molecule has 0 unspecified atom stereocenters. The first-order valence-electron chi connectivity index (χ1n) is 9.81. The van der Waals surface area contributed by atoms with E-state index in [0.29, 0.717) is 18.0 Å². The Morgan fingerprint density at radius 1 is 0.929 bits per heavy atom. The van der Waals surface area contributed by atoms with Crippen LogP contribution in [-0.2, 0) is 19.1 Å². The van der Waals surface area contributed by atoms with Gasteiger partial charge in [-0.05, 0) is 60.1 Å². The molecule has 0 atom stereocenters. The third-order valence-electron chi connectivity index (χ3n) is 3.43. The Kier molecular flexibility index (Phi) is 8.79. The molecule has 0 spiro atoms. The van der Waals surface area contributed by atoms with Gasteiger partial charge >= 0.3 is 11.9 Å². The summed E-state index contributed by atoms with van der Waals surface area (Å²) < 4.78 is 16.6. The van der Waals surface area contributed by atoms with Crippen LogP contribution in [0, 0.1) is 0 Å². The second kappa shape index (κ2) is 10.3. The minimum absolute atomic E-state index is 0.0606. The first-order chi connectivity index (χ1) is 12.9. The van der Waals surface area contributed by atoms with Gasteiger partial charge in [-0.3, -0.25) is 9.59 Å². The molecule has 0 aliphatic heterocycles. The molecular formula is C22H35NO5. The fourth-order valence-corrected chi connectivity index (χ4v) is 2.40. The number of hydrogen-bond acceptors (Lipinski definition) is 6. The summed E-state index contributed by atoms with van der Waals surface area (Å²) >= 11 is 0. The summed E-state index contributed by atoms with van der Waals surface area (Å²) in [6.07, 6.45) is 2.01. The highest BCUT2D eigenvalue weighted by molar-refractivity contribution is 5.82. The van der Waals surface area contributed by atoms with Crippen LogP contribution in [0.4, 0.5) is 5.69 Å². The summed E-state index contributed by atoms with van der Waals surface area (Å²) in [6.45, 7) is 13.5. The van der Waals surface area contributed by atoms with Crippen LogP contribution >= 0.6 is 0 Å². The van der Waals surface area contributed by atoms with Gasteiger partial charge in [0, 0.05) is 11.8 Å². The van der Waals surface area contributed by atoms with Crippen molar-refractivity contribution < 1.29 is 23.8 Å². The minimum Gasteiger partial charge on any atom is -0.494 e. The molecule has 6 nitrogen and oxygen atoms in total. The molecule has 1 rings (SSSR count). The summed E-state index contributed by atoms with van der Waals surface area (Å²) in [4.78, 5) is 26.4. The number of carbonyl (C=O) groups excluding carboxylic acids is 2. The number of hydrogen-bond donors (Lipinski definition) is 0. The Labute approximate surface area is 169 Å². The van der Waals surface area contributed by atoms with E-state index in [-0.39, 0.29) is 13.1 Å². The second-order valence-corrected chi connectivity index (χ2v) is 8.73. The third kappa shape index (κ3) is 10.2. The van der Waals surface area contributed by atoms with Crippen LogP contribution in [0.1, 0.15) is 61.3 Å². The van der Waals surface area contributed by atoms with Gasteiger partial charge in [-0.1, -0.05) is 19.4 Å². The molecule has 0 radical (unpaired) electrons. The fraction of sp³-hybridized carbons (Fsp3) is 0.636. The minimum atomic E-state index is -0.597. The van der Waals surface area contributed by atoms with Crippen molar-refractivity contribution in [3.05, 3.63) is 24.3 Å². The smallest absolute Gasteiger partial charge is 0.326 e. The van der Waals surface area contributed by atoms with Crippen molar-refractivity contribution in [3.63, 3.8) is 0 Å². The molecule has 0 fully saturated rings. The van der Waals surface area contributed by atoms with E-state index in [9.17, 15) is 9.59 Å². The first-order valence-corrected chi connectivity index (χ1v) is 9.81. The summed E-state index contributed by atoms with van der Waals surface area (Å²) in [5.41, 5.74) is -0.495. The zero-order valence-corrected chi connectivity index (χ0v) is 18.3. The molecule has 6 heteroatoms. The molecule has 0 heterocycles. The molecule has 0 N–H and O–H groups in total. The van der Waals surface area contributed by atoms with Gasteiger partial charge in [-0.2, -0.15) is 0 Å². The van der Waals surface area contributed by atoms with E-state index in [4.69, 9.17) is 14.2 Å². The highest BCUT2D eigenvalue weighted by Crippen LogP contribution is 2.22. The molecule has 0 saturated carbocycles. The quantitative estimate of drug-likeness (QED) is 0.459. The van der Waals surface area contributed by atoms with Crippen molar-refractivity contribution in [1.82, 2.24) is 0 Å². The van der Waals surface area contributed by atoms with Gasteiger partial charge in [0.1, 0.15) is 30.0 Å². The molecule has 0 aromatic heterocycles. The van der Waals surface area contributed by atoms with Crippen LogP contribution in [0.15, 0.2) is 24.3 Å². The predicted molar refractivity (Wildman–Crippen MR) is 111 cm³/mol. The topological polar surface area (TPSA) is 65.1 Å². The van der Waals surface area contributed by atoms with E-state index in [1.165, 1.54) is 0 Å². The lowest BCUT2D eigenvalue weighted by Gasteiger charge is -2.28. The van der Waals surface area contributed by atoms with Crippen molar-refractivity contribution in [1.29, 1.82) is 0 Å². The Bertz CT molecular complexity index is 613. The predicted octanol–water partition coefficient (Wildman–Crippen LogP) is 4.36. The van der Waals surface area contributed by atoms with Crippen molar-refractivity contribution >= 4 is 17.6 Å². The van der Waals surface area contributed by atoms with E-state index >= 15 is 0 Å². The Morgan fingerprint density at radius 2 is 1.46 bits per heavy atom. The van der Waals surface area contributed by atoms with E-state index in [2.05, 4.69) is 6.92 Å². The van der Waals surface area contributed by atoms with E-state index in [1.54, 1.807) is 4.90 Å². The number of rotatable bonds is 9. The standard InChI is InChI=1S/C22H35NO5/c1-8-9-13-26-18-12-10-11-17(14-18)23(15-19(24)27-21(2,3)4)16-20(25)28-22(5,6)7/h10-12,14H,8-9,13,15-16H2,1-7H3. The lowest BCUT2D eigenvalue weighted by atomic mass is 10.2. The van der Waals surface area contributed by atoms with E-state index in [1.807, 2.05) is 65.8 Å². The van der Waals surface area contributed by atoms with Crippen molar-refractivity contribution in [2.24, 2.45) is 0 Å². The highest BCUT2D eigenvalue weighted by Gasteiger charge is 2.24. The van der Waals surface area contributed by atoms with E-state index in [0.717, 1.165) is 12.8 Å². The van der Waals surface area contributed by atoms with Gasteiger partial charge in [0.25, 0.3) is 0 Å². The highest BCUT2D eigenvalue weighted by atomic mass is 16.6. The lowest BCUT2D eigenvalue weighted by molar-refractivity contribution is -0.154. The molecule has 0 saturated heterocycles. The number of ether oxygens (including phenoxy) is 3. The Hall–Kier alpha value is -2.24. The summed E-state index contributed by atoms with van der Waals surface area (Å²) in [5, 5.41) is 0. The average molecular weight is 394 g/mol. The maximum Gasteiger partial charge on any atom is 0.326 e. The Morgan fingerprint density at radius 3 is 1.93 bits per heavy atom. The number of benzene rings is 1. The summed E-state index contributed by atoms with van der Waals surface area (Å²) in [5.74, 6) is -0.119. The van der Waals surface area contributed by atoms with Gasteiger partial charge in [0.05, 0.1) is 6.61 Å². The number of unbranched alkanes of at least 4 members (excludes halogenated alkanes) is 1. The molecule has 0 amide bonds. The number of esters is 2. The molecule has 0 aliphatic carbocycles. The first kappa shape index (κ1) is 23.8. The zero-order chi connectivity index (χ0) is 21.4. The molecule has 1 aromatic carbocycles. The molecule has 158 valence electrons. The normalized spacial score (nSPS) is 11.7. The van der Waals surface area contributed by atoms with Crippen molar-refractivity contribution in [2.45, 2.75) is 72.5 Å². The van der Waals surface area contributed by atoms with Crippen molar-refractivity contribution in [3.8, 4) is 5.75 Å².